The van der Waals surface area contributed by atoms with E-state index in [1.165, 1.54) is 5.56 Å². The van der Waals surface area contributed by atoms with Gasteiger partial charge in [-0.05, 0) is 49.4 Å². The van der Waals surface area contributed by atoms with Crippen LogP contribution in [-0.4, -0.2) is 62.7 Å². The fourth-order valence-corrected chi connectivity index (χ4v) is 3.50. The number of carbonyl (C=O) groups excluding carboxylic acids is 1. The number of benzene rings is 2. The van der Waals surface area contributed by atoms with Gasteiger partial charge in [-0.25, -0.2) is 4.79 Å². The van der Waals surface area contributed by atoms with Crippen molar-refractivity contribution in [2.75, 3.05) is 52.2 Å². The van der Waals surface area contributed by atoms with Gasteiger partial charge in [0, 0.05) is 38.4 Å². The maximum Gasteiger partial charge on any atom is 0.319 e. The van der Waals surface area contributed by atoms with Crippen LogP contribution in [0.1, 0.15) is 17.2 Å². The highest BCUT2D eigenvalue weighted by molar-refractivity contribution is 5.89. The molecule has 28 heavy (non-hydrogen) atoms. The monoisotopic (exact) mass is 382 g/mol. The number of likely N-dealkylation sites (N-methyl/N-ethyl adjacent to an activating group) is 1. The van der Waals surface area contributed by atoms with E-state index in [1.807, 2.05) is 43.3 Å². The lowest BCUT2D eigenvalue weighted by molar-refractivity contribution is 0.111. The highest BCUT2D eigenvalue weighted by Gasteiger charge is 2.24. The van der Waals surface area contributed by atoms with Crippen molar-refractivity contribution in [1.82, 2.24) is 15.1 Å². The van der Waals surface area contributed by atoms with Gasteiger partial charge in [-0.15, -0.1) is 0 Å². The molecular weight excluding hydrogens is 352 g/mol. The van der Waals surface area contributed by atoms with Crippen molar-refractivity contribution in [2.24, 2.45) is 0 Å². The topological polar surface area (TPSA) is 56.8 Å². The molecule has 6 heteroatoms. The minimum atomic E-state index is -0.182. The second kappa shape index (κ2) is 9.57. The Bertz CT molecular complexity index is 770. The Morgan fingerprint density at radius 1 is 1.11 bits per heavy atom. The van der Waals surface area contributed by atoms with Crippen LogP contribution in [0.4, 0.5) is 10.5 Å². The summed E-state index contributed by atoms with van der Waals surface area (Å²) in [6.07, 6.45) is 0. The summed E-state index contributed by atoms with van der Waals surface area (Å²) in [5.74, 6) is 0.839. The Labute approximate surface area is 167 Å². The zero-order chi connectivity index (χ0) is 19.9. The van der Waals surface area contributed by atoms with E-state index in [-0.39, 0.29) is 12.1 Å². The first-order chi connectivity index (χ1) is 13.5. The Morgan fingerprint density at radius 3 is 2.46 bits per heavy atom. The molecule has 0 spiro atoms. The Morgan fingerprint density at radius 2 is 1.82 bits per heavy atom. The van der Waals surface area contributed by atoms with E-state index < -0.39 is 0 Å². The molecule has 1 aliphatic heterocycles. The van der Waals surface area contributed by atoms with Gasteiger partial charge in [-0.1, -0.05) is 24.3 Å². The Kier molecular flexibility index (Phi) is 6.90. The first-order valence-electron chi connectivity index (χ1n) is 9.73. The number of ether oxygens (including phenoxy) is 1. The molecule has 0 bridgehead atoms. The molecule has 1 saturated heterocycles. The largest absolute Gasteiger partial charge is 0.497 e. The van der Waals surface area contributed by atoms with Crippen LogP contribution in [0.15, 0.2) is 48.5 Å². The van der Waals surface area contributed by atoms with Gasteiger partial charge in [0.05, 0.1) is 13.2 Å². The standard InChI is InChI=1S/C22H30N4O2/c1-17-5-4-6-19(15-17)24-22(27)23-16-21(26-13-11-25(2)12-14-26)18-7-9-20(28-3)10-8-18/h4-10,15,21H,11-14,16H2,1-3H3,(H2,23,24,27)/t21-/m1/s1. The quantitative estimate of drug-likeness (QED) is 0.806. The lowest BCUT2D eigenvalue weighted by Gasteiger charge is -2.38. The van der Waals surface area contributed by atoms with Crippen molar-refractivity contribution in [2.45, 2.75) is 13.0 Å². The smallest absolute Gasteiger partial charge is 0.319 e. The molecule has 1 heterocycles. The van der Waals surface area contributed by atoms with E-state index in [4.69, 9.17) is 4.74 Å². The molecule has 1 fully saturated rings. The summed E-state index contributed by atoms with van der Waals surface area (Å²) in [6.45, 7) is 6.58. The highest BCUT2D eigenvalue weighted by atomic mass is 16.5. The van der Waals surface area contributed by atoms with Crippen molar-refractivity contribution in [3.63, 3.8) is 0 Å². The summed E-state index contributed by atoms with van der Waals surface area (Å²) in [4.78, 5) is 17.2. The van der Waals surface area contributed by atoms with Gasteiger partial charge >= 0.3 is 6.03 Å². The molecule has 150 valence electrons. The van der Waals surface area contributed by atoms with Crippen LogP contribution < -0.4 is 15.4 Å². The highest BCUT2D eigenvalue weighted by Crippen LogP contribution is 2.24. The molecule has 0 aliphatic carbocycles. The molecule has 0 aromatic heterocycles. The molecule has 0 unspecified atom stereocenters. The number of hydrogen-bond acceptors (Lipinski definition) is 4. The molecule has 2 aromatic carbocycles. The number of hydrogen-bond donors (Lipinski definition) is 2. The van der Waals surface area contributed by atoms with Gasteiger partial charge in [0.2, 0.25) is 0 Å². The van der Waals surface area contributed by atoms with Crippen molar-refractivity contribution in [1.29, 1.82) is 0 Å². The van der Waals surface area contributed by atoms with E-state index in [2.05, 4.69) is 39.6 Å². The average molecular weight is 383 g/mol. The minimum Gasteiger partial charge on any atom is -0.497 e. The number of nitrogens with zero attached hydrogens (tertiary/aromatic N) is 2. The summed E-state index contributed by atoms with van der Waals surface area (Å²) in [6, 6.07) is 15.9. The predicted octanol–water partition coefficient (Wildman–Crippen LogP) is 3.11. The number of anilines is 1. The molecule has 3 rings (SSSR count). The van der Waals surface area contributed by atoms with Gasteiger partial charge in [0.25, 0.3) is 0 Å². The molecule has 0 radical (unpaired) electrons. The molecule has 2 N–H and O–H groups in total. The number of aryl methyl sites for hydroxylation is 1. The Balaban J connectivity index is 1.66. The normalized spacial score (nSPS) is 16.4. The van der Waals surface area contributed by atoms with Crippen LogP contribution >= 0.6 is 0 Å². The van der Waals surface area contributed by atoms with Crippen molar-refractivity contribution >= 4 is 11.7 Å². The number of piperazine rings is 1. The molecular formula is C22H30N4O2. The van der Waals surface area contributed by atoms with E-state index in [0.29, 0.717) is 6.54 Å². The second-order valence-electron chi connectivity index (χ2n) is 7.33. The third-order valence-electron chi connectivity index (χ3n) is 5.21. The summed E-state index contributed by atoms with van der Waals surface area (Å²) in [5, 5.41) is 5.97. The second-order valence-corrected chi connectivity index (χ2v) is 7.33. The zero-order valence-corrected chi connectivity index (χ0v) is 16.9. The molecule has 0 saturated carbocycles. The summed E-state index contributed by atoms with van der Waals surface area (Å²) in [7, 11) is 3.82. The van der Waals surface area contributed by atoms with Crippen molar-refractivity contribution in [3.8, 4) is 5.75 Å². The molecule has 1 atom stereocenters. The van der Waals surface area contributed by atoms with Crippen LogP contribution in [-0.2, 0) is 0 Å². The van der Waals surface area contributed by atoms with E-state index >= 15 is 0 Å². The maximum atomic E-state index is 12.4. The lowest BCUT2D eigenvalue weighted by atomic mass is 10.0. The number of nitrogens with one attached hydrogen (secondary N) is 2. The van der Waals surface area contributed by atoms with Crippen molar-refractivity contribution in [3.05, 3.63) is 59.7 Å². The number of methoxy groups -OCH3 is 1. The van der Waals surface area contributed by atoms with Crippen LogP contribution in [0.3, 0.4) is 0 Å². The summed E-state index contributed by atoms with van der Waals surface area (Å²) < 4.78 is 5.28. The van der Waals surface area contributed by atoms with E-state index in [9.17, 15) is 4.79 Å². The van der Waals surface area contributed by atoms with Gasteiger partial charge < -0.3 is 20.3 Å². The summed E-state index contributed by atoms with van der Waals surface area (Å²) >= 11 is 0. The third-order valence-corrected chi connectivity index (χ3v) is 5.21. The summed E-state index contributed by atoms with van der Waals surface area (Å²) in [5.41, 5.74) is 3.10. The van der Waals surface area contributed by atoms with Crippen molar-refractivity contribution < 1.29 is 9.53 Å². The third kappa shape index (κ3) is 5.47. The zero-order valence-electron chi connectivity index (χ0n) is 16.9. The first-order valence-corrected chi connectivity index (χ1v) is 9.73. The van der Waals surface area contributed by atoms with Crippen LogP contribution in [0.2, 0.25) is 0 Å². The number of urea groups is 1. The number of rotatable bonds is 6. The molecule has 6 nitrogen and oxygen atoms in total. The lowest BCUT2D eigenvalue weighted by Crippen LogP contribution is -2.48. The SMILES string of the molecule is COc1ccc([C@@H](CNC(=O)Nc2cccc(C)c2)N2CCN(C)CC2)cc1. The molecule has 2 aromatic rings. The maximum absolute atomic E-state index is 12.4. The van der Waals surface area contributed by atoms with Gasteiger partial charge in [0.15, 0.2) is 0 Å². The van der Waals surface area contributed by atoms with Gasteiger partial charge in [-0.2, -0.15) is 0 Å². The van der Waals surface area contributed by atoms with Crippen LogP contribution in [0.25, 0.3) is 0 Å². The van der Waals surface area contributed by atoms with E-state index in [1.54, 1.807) is 7.11 Å². The molecule has 1 aliphatic rings. The van der Waals surface area contributed by atoms with E-state index in [0.717, 1.165) is 43.2 Å². The van der Waals surface area contributed by atoms with Crippen LogP contribution in [0.5, 0.6) is 5.75 Å². The fourth-order valence-electron chi connectivity index (χ4n) is 3.50. The molecule has 2 amide bonds. The van der Waals surface area contributed by atoms with Gasteiger partial charge in [0.1, 0.15) is 5.75 Å². The predicted molar refractivity (Wildman–Crippen MR) is 113 cm³/mol. The Hall–Kier alpha value is -2.57. The first kappa shape index (κ1) is 20.2. The number of amides is 2. The number of carbonyl (C=O) groups is 1. The van der Waals surface area contributed by atoms with Crippen LogP contribution in [0, 0.1) is 6.92 Å². The fraction of sp³-hybridized carbons (Fsp3) is 0.409. The minimum absolute atomic E-state index is 0.128. The average Bonchev–Trinajstić information content (AvgIpc) is 2.70. The van der Waals surface area contributed by atoms with Gasteiger partial charge in [-0.3, -0.25) is 4.90 Å².